The van der Waals surface area contributed by atoms with Gasteiger partial charge in [0.15, 0.2) is 6.61 Å². The standard InChI is InChI=1S/C30H34N4O4/c35-29(22-38-26-8-2-1-3-9-26)32-25-10-11-28(34-14-12-23-6-4-5-7-24(23)21-34)27(20-25)30(36)31-13-15-33-16-18-37-19-17-33/h1-11,20H,12-19,21-22H2,(H,31,36)(H,32,35). The van der Waals surface area contributed by atoms with E-state index >= 15 is 0 Å². The highest BCUT2D eigenvalue weighted by Gasteiger charge is 2.22. The Bertz CT molecular complexity index is 1240. The maximum absolute atomic E-state index is 13.4. The maximum atomic E-state index is 13.4. The van der Waals surface area contributed by atoms with Gasteiger partial charge in [-0.3, -0.25) is 14.5 Å². The zero-order valence-corrected chi connectivity index (χ0v) is 21.5. The number of nitrogens with one attached hydrogen (secondary N) is 2. The number of carbonyl (C=O) groups is 2. The van der Waals surface area contributed by atoms with Crippen LogP contribution >= 0.6 is 0 Å². The Morgan fingerprint density at radius 3 is 2.47 bits per heavy atom. The fourth-order valence-electron chi connectivity index (χ4n) is 4.88. The van der Waals surface area contributed by atoms with E-state index in [4.69, 9.17) is 9.47 Å². The third-order valence-electron chi connectivity index (χ3n) is 6.93. The molecule has 0 spiro atoms. The van der Waals surface area contributed by atoms with Crippen LogP contribution < -0.4 is 20.3 Å². The van der Waals surface area contributed by atoms with Crippen molar-refractivity contribution >= 4 is 23.2 Å². The predicted octanol–water partition coefficient (Wildman–Crippen LogP) is 3.33. The van der Waals surface area contributed by atoms with Crippen LogP contribution in [0.25, 0.3) is 0 Å². The lowest BCUT2D eigenvalue weighted by molar-refractivity contribution is -0.118. The Morgan fingerprint density at radius 2 is 1.66 bits per heavy atom. The molecule has 3 aromatic rings. The second kappa shape index (κ2) is 12.6. The van der Waals surface area contributed by atoms with Crippen molar-refractivity contribution in [1.29, 1.82) is 0 Å². The summed E-state index contributed by atoms with van der Waals surface area (Å²) in [5.74, 6) is 0.194. The van der Waals surface area contributed by atoms with E-state index in [-0.39, 0.29) is 18.4 Å². The van der Waals surface area contributed by atoms with E-state index in [0.29, 0.717) is 23.5 Å². The summed E-state index contributed by atoms with van der Waals surface area (Å²) in [6, 6.07) is 23.2. The van der Waals surface area contributed by atoms with Crippen LogP contribution in [0.3, 0.4) is 0 Å². The molecule has 2 aliphatic rings. The molecular weight excluding hydrogens is 480 g/mol. The van der Waals surface area contributed by atoms with Crippen LogP contribution in [-0.4, -0.2) is 69.3 Å². The quantitative estimate of drug-likeness (QED) is 0.456. The first-order chi connectivity index (χ1) is 18.7. The average Bonchev–Trinajstić information content (AvgIpc) is 2.97. The average molecular weight is 515 g/mol. The third-order valence-corrected chi connectivity index (χ3v) is 6.93. The number of para-hydroxylation sites is 1. The summed E-state index contributed by atoms with van der Waals surface area (Å²) in [6.07, 6.45) is 0.920. The van der Waals surface area contributed by atoms with Crippen molar-refractivity contribution in [3.8, 4) is 5.75 Å². The van der Waals surface area contributed by atoms with Gasteiger partial charge in [-0.05, 0) is 47.9 Å². The Hall–Kier alpha value is -3.88. The third kappa shape index (κ3) is 6.70. The van der Waals surface area contributed by atoms with Gasteiger partial charge in [-0.2, -0.15) is 0 Å². The largest absolute Gasteiger partial charge is 0.484 e. The number of amides is 2. The zero-order valence-electron chi connectivity index (χ0n) is 21.5. The Morgan fingerprint density at radius 1 is 0.895 bits per heavy atom. The Kier molecular flexibility index (Phi) is 8.53. The predicted molar refractivity (Wildman–Crippen MR) is 148 cm³/mol. The lowest BCUT2D eigenvalue weighted by atomic mass is 9.98. The summed E-state index contributed by atoms with van der Waals surface area (Å²) >= 11 is 0. The molecule has 0 aromatic heterocycles. The van der Waals surface area contributed by atoms with Gasteiger partial charge in [0.05, 0.1) is 18.8 Å². The molecule has 2 heterocycles. The first-order valence-electron chi connectivity index (χ1n) is 13.2. The summed E-state index contributed by atoms with van der Waals surface area (Å²) in [6.45, 7) is 5.96. The fourth-order valence-corrected chi connectivity index (χ4v) is 4.88. The van der Waals surface area contributed by atoms with Gasteiger partial charge in [-0.25, -0.2) is 0 Å². The number of hydrogen-bond acceptors (Lipinski definition) is 6. The smallest absolute Gasteiger partial charge is 0.262 e. The summed E-state index contributed by atoms with van der Waals surface area (Å²) < 4.78 is 11.0. The molecule has 1 fully saturated rings. The number of ether oxygens (including phenoxy) is 2. The van der Waals surface area contributed by atoms with Crippen molar-refractivity contribution in [1.82, 2.24) is 10.2 Å². The van der Waals surface area contributed by atoms with Crippen LogP contribution in [0.4, 0.5) is 11.4 Å². The van der Waals surface area contributed by atoms with Crippen LogP contribution in [0, 0.1) is 0 Å². The molecule has 8 heteroatoms. The lowest BCUT2D eigenvalue weighted by Crippen LogP contribution is -2.41. The molecule has 0 saturated carbocycles. The van der Waals surface area contributed by atoms with Gasteiger partial charge in [-0.15, -0.1) is 0 Å². The molecule has 38 heavy (non-hydrogen) atoms. The molecule has 2 N–H and O–H groups in total. The molecule has 0 radical (unpaired) electrons. The van der Waals surface area contributed by atoms with Crippen LogP contribution in [0.2, 0.25) is 0 Å². The molecule has 0 unspecified atom stereocenters. The number of hydrogen-bond donors (Lipinski definition) is 2. The number of fused-ring (bicyclic) bond motifs is 1. The number of carbonyl (C=O) groups excluding carboxylic acids is 2. The van der Waals surface area contributed by atoms with Crippen LogP contribution in [0.15, 0.2) is 72.8 Å². The molecule has 0 atom stereocenters. The lowest BCUT2D eigenvalue weighted by Gasteiger charge is -2.32. The molecule has 3 aromatic carbocycles. The van der Waals surface area contributed by atoms with Crippen LogP contribution in [0.5, 0.6) is 5.75 Å². The summed E-state index contributed by atoms with van der Waals surface area (Å²) in [5.41, 5.74) is 4.59. The number of morpholine rings is 1. The van der Waals surface area contributed by atoms with E-state index in [2.05, 4.69) is 44.7 Å². The first-order valence-corrected chi connectivity index (χ1v) is 13.2. The minimum absolute atomic E-state index is 0.115. The first kappa shape index (κ1) is 25.8. The zero-order chi connectivity index (χ0) is 26.2. The molecule has 2 amide bonds. The van der Waals surface area contributed by atoms with Crippen LogP contribution in [-0.2, 0) is 22.5 Å². The van der Waals surface area contributed by atoms with Gasteiger partial charge in [0.25, 0.3) is 11.8 Å². The van der Waals surface area contributed by atoms with Crippen molar-refractivity contribution in [3.05, 3.63) is 89.5 Å². The highest BCUT2D eigenvalue weighted by Crippen LogP contribution is 2.29. The number of benzene rings is 3. The second-order valence-corrected chi connectivity index (χ2v) is 9.53. The van der Waals surface area contributed by atoms with Gasteiger partial charge >= 0.3 is 0 Å². The second-order valence-electron chi connectivity index (χ2n) is 9.53. The normalized spacial score (nSPS) is 15.4. The van der Waals surface area contributed by atoms with Crippen molar-refractivity contribution in [2.75, 3.05) is 62.8 Å². The Balaban J connectivity index is 1.29. The topological polar surface area (TPSA) is 83.1 Å². The molecule has 2 aliphatic heterocycles. The minimum atomic E-state index is -0.285. The van der Waals surface area contributed by atoms with Gasteiger partial charge in [0.2, 0.25) is 0 Å². The van der Waals surface area contributed by atoms with Crippen molar-refractivity contribution in [2.24, 2.45) is 0 Å². The monoisotopic (exact) mass is 514 g/mol. The summed E-state index contributed by atoms with van der Waals surface area (Å²) in [4.78, 5) is 30.5. The van der Waals surface area contributed by atoms with Crippen molar-refractivity contribution in [3.63, 3.8) is 0 Å². The molecule has 5 rings (SSSR count). The molecule has 0 bridgehead atoms. The fraction of sp³-hybridized carbons (Fsp3) is 0.333. The van der Waals surface area contributed by atoms with E-state index in [1.807, 2.05) is 30.3 Å². The molecule has 198 valence electrons. The number of rotatable bonds is 9. The van der Waals surface area contributed by atoms with Gasteiger partial charge in [0.1, 0.15) is 5.75 Å². The molecule has 0 aliphatic carbocycles. The van der Waals surface area contributed by atoms with E-state index in [1.165, 1.54) is 11.1 Å². The Labute approximate surface area is 223 Å². The van der Waals surface area contributed by atoms with Crippen molar-refractivity contribution < 1.29 is 19.1 Å². The summed E-state index contributed by atoms with van der Waals surface area (Å²) in [5, 5.41) is 5.96. The minimum Gasteiger partial charge on any atom is -0.484 e. The maximum Gasteiger partial charge on any atom is 0.262 e. The number of nitrogens with zero attached hydrogens (tertiary/aromatic N) is 2. The van der Waals surface area contributed by atoms with E-state index in [0.717, 1.165) is 58.0 Å². The van der Waals surface area contributed by atoms with E-state index < -0.39 is 0 Å². The van der Waals surface area contributed by atoms with Crippen LogP contribution in [0.1, 0.15) is 21.5 Å². The number of anilines is 2. The van der Waals surface area contributed by atoms with Gasteiger partial charge < -0.3 is 25.0 Å². The van der Waals surface area contributed by atoms with E-state index in [9.17, 15) is 9.59 Å². The highest BCUT2D eigenvalue weighted by molar-refractivity contribution is 6.02. The SMILES string of the molecule is O=C(COc1ccccc1)Nc1ccc(N2CCc3ccccc3C2)c(C(=O)NCCN2CCOCC2)c1. The summed E-state index contributed by atoms with van der Waals surface area (Å²) in [7, 11) is 0. The molecule has 8 nitrogen and oxygen atoms in total. The van der Waals surface area contributed by atoms with E-state index in [1.54, 1.807) is 18.2 Å². The molecule has 1 saturated heterocycles. The highest BCUT2D eigenvalue weighted by atomic mass is 16.5. The van der Waals surface area contributed by atoms with Crippen molar-refractivity contribution in [2.45, 2.75) is 13.0 Å². The van der Waals surface area contributed by atoms with Gasteiger partial charge in [-0.1, -0.05) is 42.5 Å². The van der Waals surface area contributed by atoms with Gasteiger partial charge in [0, 0.05) is 50.6 Å². The molecular formula is C30H34N4O4.